The molecular weight excluding hydrogens is 329 g/mol. The molecule has 0 fully saturated rings. The first-order valence-electron chi connectivity index (χ1n) is 8.49. The van der Waals surface area contributed by atoms with Gasteiger partial charge in [-0.15, -0.1) is 0 Å². The Bertz CT molecular complexity index is 544. The van der Waals surface area contributed by atoms with E-state index in [4.69, 9.17) is 9.79 Å². The summed E-state index contributed by atoms with van der Waals surface area (Å²) in [6.45, 7) is 1.89. The first-order chi connectivity index (χ1) is 11.4. The van der Waals surface area contributed by atoms with E-state index < -0.39 is 7.82 Å². The number of carbonyl (C=O) groups excluding carboxylic acids is 1. The summed E-state index contributed by atoms with van der Waals surface area (Å²) in [7, 11) is -4.52. The number of amides is 1. The van der Waals surface area contributed by atoms with Crippen LogP contribution in [0.15, 0.2) is 24.3 Å². The highest BCUT2D eigenvalue weighted by molar-refractivity contribution is 7.46. The lowest BCUT2D eigenvalue weighted by Crippen LogP contribution is -2.13. The van der Waals surface area contributed by atoms with E-state index in [1.54, 1.807) is 6.07 Å². The third kappa shape index (κ3) is 10.6. The fraction of sp³-hybridized carbons (Fsp3) is 0.588. The van der Waals surface area contributed by atoms with Crippen LogP contribution in [0.1, 0.15) is 57.4 Å². The summed E-state index contributed by atoms with van der Waals surface area (Å²) in [5.41, 5.74) is 1.87. The minimum Gasteiger partial charge on any atom is -0.326 e. The molecule has 136 valence electrons. The number of hydrogen-bond acceptors (Lipinski definition) is 3. The number of phosphoric ester groups is 1. The average molecular weight is 357 g/mol. The summed E-state index contributed by atoms with van der Waals surface area (Å²) in [5.74, 6) is -0.333. The van der Waals surface area contributed by atoms with E-state index in [0.29, 0.717) is 5.69 Å². The van der Waals surface area contributed by atoms with Gasteiger partial charge in [0.15, 0.2) is 0 Å². The number of aryl methyl sites for hydroxylation is 1. The van der Waals surface area contributed by atoms with Crippen LogP contribution in [0.25, 0.3) is 0 Å². The van der Waals surface area contributed by atoms with Crippen molar-refractivity contribution in [1.82, 2.24) is 0 Å². The molecular formula is C17H28NO5P. The van der Waals surface area contributed by atoms with Gasteiger partial charge in [0.05, 0.1) is 13.0 Å². The van der Waals surface area contributed by atoms with Gasteiger partial charge in [0.25, 0.3) is 0 Å². The standard InChI is InChI=1S/C17H28NO5P/c1-2-3-4-5-6-7-9-15-10-8-11-16(14-15)18-17(19)12-13-23-24(20,21)22/h8,10-11,14H,2-7,9,12-13H2,1H3,(H,18,19)(H2,20,21,22). The number of hydrogen-bond donors (Lipinski definition) is 3. The molecule has 0 aliphatic rings. The molecule has 3 N–H and O–H groups in total. The lowest BCUT2D eigenvalue weighted by atomic mass is 10.0. The first-order valence-corrected chi connectivity index (χ1v) is 10.0. The van der Waals surface area contributed by atoms with Crippen LogP contribution in [0.4, 0.5) is 5.69 Å². The molecule has 0 heterocycles. The Kier molecular flexibility index (Phi) is 9.88. The van der Waals surface area contributed by atoms with Crippen molar-refractivity contribution in [3.05, 3.63) is 29.8 Å². The fourth-order valence-electron chi connectivity index (χ4n) is 2.39. The molecule has 0 unspecified atom stereocenters. The summed E-state index contributed by atoms with van der Waals surface area (Å²) >= 11 is 0. The molecule has 1 amide bonds. The lowest BCUT2D eigenvalue weighted by molar-refractivity contribution is -0.116. The van der Waals surface area contributed by atoms with Crippen molar-refractivity contribution in [1.29, 1.82) is 0 Å². The Morgan fingerprint density at radius 2 is 1.88 bits per heavy atom. The number of benzene rings is 1. The minimum absolute atomic E-state index is 0.104. The number of unbranched alkanes of at least 4 members (excludes halogenated alkanes) is 5. The molecule has 0 aliphatic heterocycles. The second-order valence-electron chi connectivity index (χ2n) is 5.84. The zero-order valence-corrected chi connectivity index (χ0v) is 15.1. The van der Waals surface area contributed by atoms with Crippen molar-refractivity contribution < 1.29 is 23.7 Å². The lowest BCUT2D eigenvalue weighted by Gasteiger charge is -2.08. The molecule has 1 aromatic carbocycles. The number of anilines is 1. The summed E-state index contributed by atoms with van der Waals surface area (Å²) in [5, 5.41) is 2.71. The Balaban J connectivity index is 2.31. The molecule has 7 heteroatoms. The third-order valence-electron chi connectivity index (χ3n) is 3.62. The molecule has 24 heavy (non-hydrogen) atoms. The number of carbonyl (C=O) groups is 1. The van der Waals surface area contributed by atoms with Crippen LogP contribution in [-0.2, 0) is 20.3 Å². The zero-order chi connectivity index (χ0) is 17.8. The van der Waals surface area contributed by atoms with Gasteiger partial charge >= 0.3 is 7.82 Å². The fourth-order valence-corrected chi connectivity index (χ4v) is 2.72. The Labute approximate surface area is 143 Å². The van der Waals surface area contributed by atoms with E-state index in [9.17, 15) is 9.36 Å². The normalized spacial score (nSPS) is 11.5. The summed E-state index contributed by atoms with van der Waals surface area (Å²) in [6, 6.07) is 7.67. The van der Waals surface area contributed by atoms with Crippen molar-refractivity contribution in [2.45, 2.75) is 58.3 Å². The molecule has 0 radical (unpaired) electrons. The van der Waals surface area contributed by atoms with Crippen molar-refractivity contribution in [2.24, 2.45) is 0 Å². The van der Waals surface area contributed by atoms with Gasteiger partial charge in [0, 0.05) is 5.69 Å². The van der Waals surface area contributed by atoms with Crippen molar-refractivity contribution >= 4 is 19.4 Å². The number of nitrogens with one attached hydrogen (secondary N) is 1. The maximum Gasteiger partial charge on any atom is 0.469 e. The second-order valence-corrected chi connectivity index (χ2v) is 7.08. The van der Waals surface area contributed by atoms with Gasteiger partial charge in [-0.25, -0.2) is 4.57 Å². The summed E-state index contributed by atoms with van der Waals surface area (Å²) in [6.07, 6.45) is 8.35. The van der Waals surface area contributed by atoms with E-state index in [-0.39, 0.29) is 18.9 Å². The van der Waals surface area contributed by atoms with E-state index in [0.717, 1.165) is 12.8 Å². The Hall–Kier alpha value is -1.20. The third-order valence-corrected chi connectivity index (χ3v) is 4.14. The predicted molar refractivity (Wildman–Crippen MR) is 94.8 cm³/mol. The zero-order valence-electron chi connectivity index (χ0n) is 14.2. The molecule has 0 spiro atoms. The molecule has 1 aromatic rings. The van der Waals surface area contributed by atoms with Gasteiger partial charge in [-0.1, -0.05) is 51.2 Å². The molecule has 0 aliphatic carbocycles. The molecule has 0 atom stereocenters. The van der Waals surface area contributed by atoms with E-state index in [1.807, 2.05) is 18.2 Å². The van der Waals surface area contributed by atoms with Crippen LogP contribution in [0.3, 0.4) is 0 Å². The van der Waals surface area contributed by atoms with Crippen LogP contribution >= 0.6 is 7.82 Å². The predicted octanol–water partition coefficient (Wildman–Crippen LogP) is 4.03. The Morgan fingerprint density at radius 1 is 1.17 bits per heavy atom. The molecule has 1 rings (SSSR count). The van der Waals surface area contributed by atoms with Gasteiger partial charge < -0.3 is 15.1 Å². The maximum atomic E-state index is 11.7. The van der Waals surface area contributed by atoms with Crippen LogP contribution in [0.5, 0.6) is 0 Å². The van der Waals surface area contributed by atoms with Crippen molar-refractivity contribution in [2.75, 3.05) is 11.9 Å². The van der Waals surface area contributed by atoms with Gasteiger partial charge in [0.2, 0.25) is 5.91 Å². The second kappa shape index (κ2) is 11.4. The largest absolute Gasteiger partial charge is 0.469 e. The summed E-state index contributed by atoms with van der Waals surface area (Å²) < 4.78 is 14.8. The Morgan fingerprint density at radius 3 is 2.58 bits per heavy atom. The van der Waals surface area contributed by atoms with Gasteiger partial charge in [0.1, 0.15) is 0 Å². The van der Waals surface area contributed by atoms with Crippen LogP contribution in [0.2, 0.25) is 0 Å². The summed E-state index contributed by atoms with van der Waals surface area (Å²) in [4.78, 5) is 28.9. The SMILES string of the molecule is CCCCCCCCc1cccc(NC(=O)CCOP(=O)(O)O)c1. The highest BCUT2D eigenvalue weighted by Crippen LogP contribution is 2.35. The number of phosphoric acid groups is 1. The smallest absolute Gasteiger partial charge is 0.326 e. The molecule has 6 nitrogen and oxygen atoms in total. The molecule has 0 bridgehead atoms. The monoisotopic (exact) mass is 357 g/mol. The van der Waals surface area contributed by atoms with Crippen molar-refractivity contribution in [3.63, 3.8) is 0 Å². The minimum atomic E-state index is -4.52. The quantitative estimate of drug-likeness (QED) is 0.388. The van der Waals surface area contributed by atoms with Gasteiger partial charge in [-0.05, 0) is 30.5 Å². The van der Waals surface area contributed by atoms with Crippen LogP contribution < -0.4 is 5.32 Å². The van der Waals surface area contributed by atoms with Gasteiger partial charge in [-0.3, -0.25) is 9.32 Å². The first kappa shape index (κ1) is 20.8. The average Bonchev–Trinajstić information content (AvgIpc) is 2.50. The maximum absolute atomic E-state index is 11.7. The van der Waals surface area contributed by atoms with Crippen LogP contribution in [0, 0.1) is 0 Å². The highest BCUT2D eigenvalue weighted by atomic mass is 31.2. The van der Waals surface area contributed by atoms with Gasteiger partial charge in [-0.2, -0.15) is 0 Å². The van der Waals surface area contributed by atoms with Crippen molar-refractivity contribution in [3.8, 4) is 0 Å². The molecule has 0 aromatic heterocycles. The molecule has 0 saturated heterocycles. The molecule has 0 saturated carbocycles. The topological polar surface area (TPSA) is 95.9 Å². The van der Waals surface area contributed by atoms with E-state index in [2.05, 4.69) is 16.8 Å². The van der Waals surface area contributed by atoms with E-state index in [1.165, 1.54) is 37.7 Å². The van der Waals surface area contributed by atoms with Crippen LogP contribution in [-0.4, -0.2) is 22.3 Å². The van der Waals surface area contributed by atoms with E-state index >= 15 is 0 Å². The number of rotatable bonds is 12. The highest BCUT2D eigenvalue weighted by Gasteiger charge is 2.14.